The first-order chi connectivity index (χ1) is 16.9. The Morgan fingerprint density at radius 2 is 1.80 bits per heavy atom. The number of carbonyl (C=O) groups excluding carboxylic acids is 1. The molecule has 35 heavy (non-hydrogen) atoms. The van der Waals surface area contributed by atoms with Crippen molar-refractivity contribution in [1.82, 2.24) is 9.80 Å². The molecule has 0 saturated carbocycles. The SMILES string of the molecule is COc1cccc(CN2CC(CN(CC(C)C)C(=O)c3ccccc3)C(c3cccc(F)c3)C2)c1. The van der Waals surface area contributed by atoms with Crippen LogP contribution in [0.3, 0.4) is 0 Å². The highest BCUT2D eigenvalue weighted by Gasteiger charge is 2.36. The number of ether oxygens (including phenoxy) is 1. The fraction of sp³-hybridized carbons (Fsp3) is 0.367. The van der Waals surface area contributed by atoms with Crippen LogP contribution in [0.5, 0.6) is 5.75 Å². The molecule has 1 amide bonds. The first-order valence-corrected chi connectivity index (χ1v) is 12.4. The highest BCUT2D eigenvalue weighted by Crippen LogP contribution is 2.35. The Bertz CT molecular complexity index is 1120. The largest absolute Gasteiger partial charge is 0.497 e. The van der Waals surface area contributed by atoms with E-state index < -0.39 is 0 Å². The molecular weight excluding hydrogens is 439 g/mol. The van der Waals surface area contributed by atoms with E-state index in [0.29, 0.717) is 24.6 Å². The zero-order valence-electron chi connectivity index (χ0n) is 20.9. The van der Waals surface area contributed by atoms with E-state index >= 15 is 0 Å². The average molecular weight is 475 g/mol. The Morgan fingerprint density at radius 1 is 1.03 bits per heavy atom. The van der Waals surface area contributed by atoms with Gasteiger partial charge in [0, 0.05) is 44.2 Å². The zero-order chi connectivity index (χ0) is 24.8. The standard InChI is InChI=1S/C30H35FN2O2/c1-22(2)17-33(30(34)24-10-5-4-6-11-24)20-26-19-32(18-23-9-7-14-28(15-23)35-3)21-29(26)25-12-8-13-27(31)16-25/h4-16,22,26,29H,17-21H2,1-3H3. The quantitative estimate of drug-likeness (QED) is 0.390. The normalized spacial score (nSPS) is 18.1. The van der Waals surface area contributed by atoms with E-state index in [1.807, 2.05) is 53.4 Å². The Hall–Kier alpha value is -3.18. The molecule has 1 aliphatic rings. The second kappa shape index (κ2) is 11.5. The number of rotatable bonds is 9. The molecule has 0 N–H and O–H groups in total. The van der Waals surface area contributed by atoms with Crippen molar-refractivity contribution in [3.63, 3.8) is 0 Å². The van der Waals surface area contributed by atoms with E-state index in [1.165, 1.54) is 11.6 Å². The summed E-state index contributed by atoms with van der Waals surface area (Å²) in [7, 11) is 1.68. The van der Waals surface area contributed by atoms with Gasteiger partial charge in [-0.1, -0.05) is 56.3 Å². The third-order valence-electron chi connectivity index (χ3n) is 6.68. The second-order valence-corrected chi connectivity index (χ2v) is 9.94. The Morgan fingerprint density at radius 3 is 2.51 bits per heavy atom. The van der Waals surface area contributed by atoms with Crippen molar-refractivity contribution in [3.8, 4) is 5.75 Å². The van der Waals surface area contributed by atoms with Crippen LogP contribution < -0.4 is 4.74 Å². The van der Waals surface area contributed by atoms with Crippen molar-refractivity contribution in [3.05, 3.63) is 101 Å². The summed E-state index contributed by atoms with van der Waals surface area (Å²) in [6, 6.07) is 24.6. The van der Waals surface area contributed by atoms with E-state index in [2.05, 4.69) is 30.9 Å². The second-order valence-electron chi connectivity index (χ2n) is 9.94. The number of hydrogen-bond acceptors (Lipinski definition) is 3. The molecule has 1 aliphatic heterocycles. The van der Waals surface area contributed by atoms with Gasteiger partial charge in [-0.3, -0.25) is 9.69 Å². The number of hydrogen-bond donors (Lipinski definition) is 0. The van der Waals surface area contributed by atoms with Gasteiger partial charge >= 0.3 is 0 Å². The molecule has 2 unspecified atom stereocenters. The predicted molar refractivity (Wildman–Crippen MR) is 138 cm³/mol. The van der Waals surface area contributed by atoms with Gasteiger partial charge in [-0.25, -0.2) is 4.39 Å². The van der Waals surface area contributed by atoms with Gasteiger partial charge in [0.2, 0.25) is 0 Å². The summed E-state index contributed by atoms with van der Waals surface area (Å²) in [5, 5.41) is 0. The number of nitrogens with zero attached hydrogens (tertiary/aromatic N) is 2. The Balaban J connectivity index is 1.58. The molecule has 0 bridgehead atoms. The molecule has 4 rings (SSSR count). The molecule has 1 saturated heterocycles. The van der Waals surface area contributed by atoms with Crippen LogP contribution in [-0.2, 0) is 6.54 Å². The van der Waals surface area contributed by atoms with Crippen LogP contribution in [0, 0.1) is 17.7 Å². The predicted octanol–water partition coefficient (Wildman–Crippen LogP) is 5.85. The zero-order valence-corrected chi connectivity index (χ0v) is 20.9. The number of halogens is 1. The summed E-state index contributed by atoms with van der Waals surface area (Å²) in [4.78, 5) is 17.9. The summed E-state index contributed by atoms with van der Waals surface area (Å²) in [5.41, 5.74) is 2.89. The van der Waals surface area contributed by atoms with Crippen LogP contribution >= 0.6 is 0 Å². The van der Waals surface area contributed by atoms with E-state index in [0.717, 1.165) is 30.9 Å². The monoisotopic (exact) mass is 474 g/mol. The highest BCUT2D eigenvalue weighted by atomic mass is 19.1. The maximum absolute atomic E-state index is 14.2. The van der Waals surface area contributed by atoms with Gasteiger partial charge in [0.1, 0.15) is 11.6 Å². The first kappa shape index (κ1) is 24.9. The van der Waals surface area contributed by atoms with Crippen molar-refractivity contribution in [2.45, 2.75) is 26.3 Å². The van der Waals surface area contributed by atoms with Crippen molar-refractivity contribution in [2.75, 3.05) is 33.3 Å². The van der Waals surface area contributed by atoms with Gasteiger partial charge in [0.25, 0.3) is 5.91 Å². The van der Waals surface area contributed by atoms with Crippen molar-refractivity contribution in [1.29, 1.82) is 0 Å². The molecule has 0 aromatic heterocycles. The summed E-state index contributed by atoms with van der Waals surface area (Å²) in [6.45, 7) is 8.06. The number of amides is 1. The molecule has 4 nitrogen and oxygen atoms in total. The summed E-state index contributed by atoms with van der Waals surface area (Å²) >= 11 is 0. The molecule has 0 spiro atoms. The molecule has 3 aromatic rings. The number of benzene rings is 3. The third kappa shape index (κ3) is 6.49. The Labute approximate surface area is 208 Å². The van der Waals surface area contributed by atoms with Crippen LogP contribution in [0.1, 0.15) is 41.3 Å². The van der Waals surface area contributed by atoms with E-state index in [4.69, 9.17) is 4.74 Å². The maximum Gasteiger partial charge on any atom is 0.253 e. The van der Waals surface area contributed by atoms with E-state index in [9.17, 15) is 9.18 Å². The molecule has 184 valence electrons. The maximum atomic E-state index is 14.2. The van der Waals surface area contributed by atoms with Crippen LogP contribution in [0.4, 0.5) is 4.39 Å². The van der Waals surface area contributed by atoms with Crippen molar-refractivity contribution < 1.29 is 13.9 Å². The van der Waals surface area contributed by atoms with E-state index in [-0.39, 0.29) is 23.6 Å². The topological polar surface area (TPSA) is 32.8 Å². The van der Waals surface area contributed by atoms with Gasteiger partial charge < -0.3 is 9.64 Å². The smallest absolute Gasteiger partial charge is 0.253 e. The average Bonchev–Trinajstić information content (AvgIpc) is 3.25. The molecule has 5 heteroatoms. The summed E-state index contributed by atoms with van der Waals surface area (Å²) in [6.07, 6.45) is 0. The van der Waals surface area contributed by atoms with Gasteiger partial charge in [-0.2, -0.15) is 0 Å². The minimum Gasteiger partial charge on any atom is -0.497 e. The molecule has 3 aromatic carbocycles. The fourth-order valence-electron chi connectivity index (χ4n) is 5.15. The molecule has 1 heterocycles. The fourth-order valence-corrected chi connectivity index (χ4v) is 5.15. The highest BCUT2D eigenvalue weighted by molar-refractivity contribution is 5.94. The third-order valence-corrected chi connectivity index (χ3v) is 6.68. The molecular formula is C30H35FN2O2. The van der Waals surface area contributed by atoms with Crippen molar-refractivity contribution in [2.24, 2.45) is 11.8 Å². The van der Waals surface area contributed by atoms with Crippen LogP contribution in [0.25, 0.3) is 0 Å². The van der Waals surface area contributed by atoms with Crippen LogP contribution in [0.2, 0.25) is 0 Å². The number of likely N-dealkylation sites (tertiary alicyclic amines) is 1. The number of methoxy groups -OCH3 is 1. The van der Waals surface area contributed by atoms with Gasteiger partial charge in [0.15, 0.2) is 0 Å². The summed E-state index contributed by atoms with van der Waals surface area (Å²) < 4.78 is 19.6. The minimum absolute atomic E-state index is 0.0588. The lowest BCUT2D eigenvalue weighted by molar-refractivity contribution is 0.0703. The lowest BCUT2D eigenvalue weighted by atomic mass is 9.88. The molecule has 0 aliphatic carbocycles. The summed E-state index contributed by atoms with van der Waals surface area (Å²) in [5.74, 6) is 1.39. The molecule has 2 atom stereocenters. The lowest BCUT2D eigenvalue weighted by Gasteiger charge is -2.30. The Kier molecular flexibility index (Phi) is 8.19. The molecule has 0 radical (unpaired) electrons. The van der Waals surface area contributed by atoms with Crippen molar-refractivity contribution >= 4 is 5.91 Å². The van der Waals surface area contributed by atoms with Gasteiger partial charge in [-0.05, 0) is 59.4 Å². The number of carbonyl (C=O) groups is 1. The van der Waals surface area contributed by atoms with E-state index in [1.54, 1.807) is 19.2 Å². The molecule has 1 fully saturated rings. The minimum atomic E-state index is -0.216. The van der Waals surface area contributed by atoms with Crippen LogP contribution in [-0.4, -0.2) is 49.0 Å². The van der Waals surface area contributed by atoms with Gasteiger partial charge in [0.05, 0.1) is 7.11 Å². The lowest BCUT2D eigenvalue weighted by Crippen LogP contribution is -2.39. The first-order valence-electron chi connectivity index (χ1n) is 12.4. The van der Waals surface area contributed by atoms with Gasteiger partial charge in [-0.15, -0.1) is 0 Å². The van der Waals surface area contributed by atoms with Crippen LogP contribution in [0.15, 0.2) is 78.9 Å².